The first kappa shape index (κ1) is 22.9. The number of halogens is 2. The van der Waals surface area contributed by atoms with Crippen molar-refractivity contribution in [1.82, 2.24) is 25.1 Å². The average Bonchev–Trinajstić information content (AvgIpc) is 3.20. The topological polar surface area (TPSA) is 131 Å². The fraction of sp³-hybridized carbons (Fsp3) is 0.217. The van der Waals surface area contributed by atoms with Crippen molar-refractivity contribution in [3.8, 4) is 0 Å². The number of nitrogens with zero attached hydrogens (tertiary/aromatic N) is 3. The minimum Gasteiger partial charge on any atom is -0.382 e. The number of fused-ring (bicyclic) bond motifs is 1. The predicted octanol–water partition coefficient (Wildman–Crippen LogP) is 3.27. The number of hydrogen-bond donors (Lipinski definition) is 4. The molecule has 0 saturated heterocycles. The van der Waals surface area contributed by atoms with E-state index < -0.39 is 23.9 Å². The lowest BCUT2D eigenvalue weighted by Crippen LogP contribution is -2.35. The Hall–Kier alpha value is -4.28. The van der Waals surface area contributed by atoms with Crippen molar-refractivity contribution in [1.29, 1.82) is 0 Å². The minimum absolute atomic E-state index is 0. The van der Waals surface area contributed by atoms with E-state index in [-0.39, 0.29) is 28.8 Å². The standard InChI is InChI=1S/C23H23F2N7O2.3H2/c1-14-10-28-21(29-13-23(24,25)16-5-3-2-4-6-16)22(34)32(14)12-19(33)27-11-15-7-8-18-17(9-15)20(26)31-30-18;;;/h2-10H,11-13H2,1H3,(H,27,33)(H,28,29)(H3,26,30,31);3*1H. The number of carbonyl (C=O) groups is 1. The normalized spacial score (nSPS) is 11.5. The van der Waals surface area contributed by atoms with Gasteiger partial charge in [-0.2, -0.15) is 13.9 Å². The van der Waals surface area contributed by atoms with E-state index in [1.165, 1.54) is 35.0 Å². The zero-order valence-corrected chi connectivity index (χ0v) is 18.3. The summed E-state index contributed by atoms with van der Waals surface area (Å²) < 4.78 is 30.1. The van der Waals surface area contributed by atoms with Crippen LogP contribution in [0.15, 0.2) is 59.5 Å². The fourth-order valence-electron chi connectivity index (χ4n) is 3.46. The number of anilines is 2. The summed E-state index contributed by atoms with van der Waals surface area (Å²) in [4.78, 5) is 29.2. The van der Waals surface area contributed by atoms with Gasteiger partial charge in [-0.3, -0.25) is 19.3 Å². The molecular weight excluding hydrogens is 444 g/mol. The highest BCUT2D eigenvalue weighted by atomic mass is 19.3. The number of alkyl halides is 2. The van der Waals surface area contributed by atoms with Crippen LogP contribution < -0.4 is 21.9 Å². The molecule has 5 N–H and O–H groups in total. The first-order chi connectivity index (χ1) is 16.2. The van der Waals surface area contributed by atoms with Crippen molar-refractivity contribution in [3.05, 3.63) is 81.9 Å². The maximum absolute atomic E-state index is 14.4. The molecule has 0 saturated carbocycles. The molecule has 0 unspecified atom stereocenters. The molecule has 1 amide bonds. The van der Waals surface area contributed by atoms with Gasteiger partial charge in [0.2, 0.25) is 5.91 Å². The SMILES string of the molecule is Cc1cnc(NCC(F)(F)c2ccccc2)c(=O)n1CC(=O)NCc1ccc2[nH]nc(N)c2c1.[HH].[HH].[HH]. The van der Waals surface area contributed by atoms with Gasteiger partial charge in [-0.1, -0.05) is 36.4 Å². The van der Waals surface area contributed by atoms with Gasteiger partial charge in [0, 0.05) is 33.7 Å². The molecule has 0 bridgehead atoms. The molecule has 2 heterocycles. The Kier molecular flexibility index (Phi) is 6.26. The smallest absolute Gasteiger partial charge is 0.293 e. The van der Waals surface area contributed by atoms with Crippen molar-refractivity contribution < 1.29 is 17.9 Å². The molecule has 0 atom stereocenters. The number of benzene rings is 2. The Morgan fingerprint density at radius 1 is 1.24 bits per heavy atom. The monoisotopic (exact) mass is 473 g/mol. The number of amides is 1. The van der Waals surface area contributed by atoms with Crippen LogP contribution in [0.4, 0.5) is 20.4 Å². The van der Waals surface area contributed by atoms with Crippen LogP contribution in [0.5, 0.6) is 0 Å². The minimum atomic E-state index is -3.21. The Morgan fingerprint density at radius 2 is 2.00 bits per heavy atom. The summed E-state index contributed by atoms with van der Waals surface area (Å²) in [6.45, 7) is 0.730. The largest absolute Gasteiger partial charge is 0.382 e. The molecule has 11 heteroatoms. The molecule has 0 aliphatic carbocycles. The van der Waals surface area contributed by atoms with Gasteiger partial charge in [0.05, 0.1) is 12.1 Å². The third-order valence-electron chi connectivity index (χ3n) is 5.38. The number of carbonyl (C=O) groups excluding carboxylic acids is 1. The lowest BCUT2D eigenvalue weighted by atomic mass is 10.1. The van der Waals surface area contributed by atoms with E-state index in [0.717, 1.165) is 16.5 Å². The second kappa shape index (κ2) is 9.30. The van der Waals surface area contributed by atoms with E-state index >= 15 is 0 Å². The van der Waals surface area contributed by atoms with Gasteiger partial charge in [-0.25, -0.2) is 4.98 Å². The fourth-order valence-corrected chi connectivity index (χ4v) is 3.46. The highest BCUT2D eigenvalue weighted by Crippen LogP contribution is 2.27. The van der Waals surface area contributed by atoms with Crippen molar-refractivity contribution in [2.24, 2.45) is 0 Å². The van der Waals surface area contributed by atoms with Gasteiger partial charge in [0.25, 0.3) is 11.5 Å². The Morgan fingerprint density at radius 3 is 2.76 bits per heavy atom. The number of hydrogen-bond acceptors (Lipinski definition) is 6. The van der Waals surface area contributed by atoms with E-state index in [2.05, 4.69) is 25.8 Å². The summed E-state index contributed by atoms with van der Waals surface area (Å²) in [7, 11) is 0. The number of aromatic amines is 1. The van der Waals surface area contributed by atoms with Crippen LogP contribution >= 0.6 is 0 Å². The molecule has 0 aliphatic rings. The van der Waals surface area contributed by atoms with Crippen molar-refractivity contribution >= 4 is 28.4 Å². The molecule has 34 heavy (non-hydrogen) atoms. The zero-order chi connectivity index (χ0) is 24.3. The lowest BCUT2D eigenvalue weighted by molar-refractivity contribution is -0.121. The molecule has 2 aromatic heterocycles. The molecule has 2 aromatic carbocycles. The van der Waals surface area contributed by atoms with Crippen LogP contribution in [0.25, 0.3) is 10.9 Å². The van der Waals surface area contributed by atoms with Crippen LogP contribution in [0.3, 0.4) is 0 Å². The van der Waals surface area contributed by atoms with Crippen LogP contribution in [0.2, 0.25) is 0 Å². The second-order valence-electron chi connectivity index (χ2n) is 7.83. The molecule has 0 radical (unpaired) electrons. The first-order valence-electron chi connectivity index (χ1n) is 10.5. The van der Waals surface area contributed by atoms with Gasteiger partial charge >= 0.3 is 0 Å². The highest BCUT2D eigenvalue weighted by molar-refractivity contribution is 5.89. The van der Waals surface area contributed by atoms with Crippen LogP contribution in [0.1, 0.15) is 21.1 Å². The number of aryl methyl sites for hydroxylation is 1. The molecule has 4 aromatic rings. The van der Waals surface area contributed by atoms with Crippen LogP contribution in [-0.2, 0) is 23.8 Å². The summed E-state index contributed by atoms with van der Waals surface area (Å²) in [5.41, 5.74) is 6.98. The highest BCUT2D eigenvalue weighted by Gasteiger charge is 2.31. The quantitative estimate of drug-likeness (QED) is 0.311. The van der Waals surface area contributed by atoms with E-state index in [1.54, 1.807) is 19.1 Å². The summed E-state index contributed by atoms with van der Waals surface area (Å²) in [6, 6.07) is 12.7. The molecule has 182 valence electrons. The molecule has 4 rings (SSSR count). The summed E-state index contributed by atoms with van der Waals surface area (Å²) in [6.07, 6.45) is 1.35. The molecule has 9 nitrogen and oxygen atoms in total. The van der Waals surface area contributed by atoms with Gasteiger partial charge in [-0.15, -0.1) is 0 Å². The van der Waals surface area contributed by atoms with Gasteiger partial charge in [0.15, 0.2) is 11.6 Å². The zero-order valence-electron chi connectivity index (χ0n) is 18.3. The van der Waals surface area contributed by atoms with Crippen LogP contribution in [-0.4, -0.2) is 32.2 Å². The van der Waals surface area contributed by atoms with Gasteiger partial charge < -0.3 is 16.4 Å². The maximum Gasteiger partial charge on any atom is 0.293 e. The van der Waals surface area contributed by atoms with Crippen molar-refractivity contribution in [2.75, 3.05) is 17.6 Å². The number of nitrogens with two attached hydrogens (primary N) is 1. The summed E-state index contributed by atoms with van der Waals surface area (Å²) in [5, 5.41) is 12.6. The number of aromatic nitrogens is 4. The Bertz CT molecular complexity index is 1400. The molecule has 0 aliphatic heterocycles. The molecule has 0 fully saturated rings. The van der Waals surface area contributed by atoms with Crippen molar-refractivity contribution in [2.45, 2.75) is 25.9 Å². The number of H-pyrrole nitrogens is 1. The average molecular weight is 474 g/mol. The summed E-state index contributed by atoms with van der Waals surface area (Å²) >= 11 is 0. The second-order valence-corrected chi connectivity index (χ2v) is 7.83. The Balaban J connectivity index is 0.00000228. The number of rotatable bonds is 8. The van der Waals surface area contributed by atoms with Crippen LogP contribution in [0, 0.1) is 6.92 Å². The number of nitrogen functional groups attached to an aromatic ring is 1. The molecular formula is C23H29F2N7O2. The summed E-state index contributed by atoms with van der Waals surface area (Å²) in [5.74, 6) is -3.52. The molecule has 0 spiro atoms. The predicted molar refractivity (Wildman–Crippen MR) is 131 cm³/mol. The number of nitrogens with one attached hydrogen (secondary N) is 3. The maximum atomic E-state index is 14.4. The van der Waals surface area contributed by atoms with Crippen molar-refractivity contribution in [3.63, 3.8) is 0 Å². The Labute approximate surface area is 197 Å². The van der Waals surface area contributed by atoms with Gasteiger partial charge in [-0.05, 0) is 24.6 Å². The van der Waals surface area contributed by atoms with E-state index in [1.807, 2.05) is 12.1 Å². The van der Waals surface area contributed by atoms with E-state index in [0.29, 0.717) is 11.5 Å². The van der Waals surface area contributed by atoms with Gasteiger partial charge in [0.1, 0.15) is 6.54 Å². The lowest BCUT2D eigenvalue weighted by Gasteiger charge is -2.18. The van der Waals surface area contributed by atoms with E-state index in [9.17, 15) is 18.4 Å². The first-order valence-corrected chi connectivity index (χ1v) is 10.5. The third-order valence-corrected chi connectivity index (χ3v) is 5.38. The third kappa shape index (κ3) is 4.87. The van der Waals surface area contributed by atoms with E-state index in [4.69, 9.17) is 5.73 Å².